The first-order valence-corrected chi connectivity index (χ1v) is 8.66. The lowest BCUT2D eigenvalue weighted by Gasteiger charge is -2.12. The SMILES string of the molecule is C=CCCc1ccc(C#Cc2ccc3c(F)c(OC(F)(F)F)c(F)cc3c2)cc1. The molecule has 0 atom stereocenters. The minimum absolute atomic E-state index is 0.0843. The normalized spacial score (nSPS) is 11.1. The molecule has 0 unspecified atom stereocenters. The molecule has 3 aromatic rings. The molecule has 0 heterocycles. The van der Waals surface area contributed by atoms with Gasteiger partial charge in [0.25, 0.3) is 0 Å². The van der Waals surface area contributed by atoms with E-state index in [9.17, 15) is 22.0 Å². The van der Waals surface area contributed by atoms with Crippen LogP contribution in [-0.2, 0) is 6.42 Å². The van der Waals surface area contributed by atoms with Crippen molar-refractivity contribution in [3.63, 3.8) is 0 Å². The number of fused-ring (bicyclic) bond motifs is 1. The number of aryl methyl sites for hydroxylation is 1. The van der Waals surface area contributed by atoms with Gasteiger partial charge in [-0.2, -0.15) is 0 Å². The van der Waals surface area contributed by atoms with Gasteiger partial charge < -0.3 is 4.74 Å². The summed E-state index contributed by atoms with van der Waals surface area (Å²) >= 11 is 0. The first-order chi connectivity index (χ1) is 13.8. The monoisotopic (exact) mass is 402 g/mol. The summed E-state index contributed by atoms with van der Waals surface area (Å²) in [5.41, 5.74) is 2.39. The van der Waals surface area contributed by atoms with Gasteiger partial charge in [0, 0.05) is 16.5 Å². The second-order valence-corrected chi connectivity index (χ2v) is 6.26. The zero-order valence-electron chi connectivity index (χ0n) is 15.1. The third-order valence-electron chi connectivity index (χ3n) is 4.15. The summed E-state index contributed by atoms with van der Waals surface area (Å²) in [7, 11) is 0. The number of ether oxygens (including phenoxy) is 1. The molecule has 0 saturated heterocycles. The fourth-order valence-electron chi connectivity index (χ4n) is 2.77. The van der Waals surface area contributed by atoms with Crippen LogP contribution in [0.3, 0.4) is 0 Å². The lowest BCUT2D eigenvalue weighted by Crippen LogP contribution is -2.19. The number of alkyl halides is 3. The molecule has 1 nitrogen and oxygen atoms in total. The highest BCUT2D eigenvalue weighted by atomic mass is 19.4. The third-order valence-corrected chi connectivity index (χ3v) is 4.15. The van der Waals surface area contributed by atoms with Crippen molar-refractivity contribution < 1.29 is 26.7 Å². The Kier molecular flexibility index (Phi) is 5.88. The Bertz CT molecular complexity index is 1100. The fourth-order valence-corrected chi connectivity index (χ4v) is 2.77. The number of hydrogen-bond acceptors (Lipinski definition) is 1. The molecule has 0 N–H and O–H groups in total. The molecule has 0 spiro atoms. The van der Waals surface area contributed by atoms with Crippen molar-refractivity contribution >= 4 is 10.8 Å². The smallest absolute Gasteiger partial charge is 0.399 e. The van der Waals surface area contributed by atoms with Crippen molar-refractivity contribution in [1.29, 1.82) is 0 Å². The van der Waals surface area contributed by atoms with E-state index < -0.39 is 23.7 Å². The minimum Gasteiger partial charge on any atom is -0.399 e. The largest absolute Gasteiger partial charge is 0.573 e. The summed E-state index contributed by atoms with van der Waals surface area (Å²) in [6.45, 7) is 3.68. The maximum absolute atomic E-state index is 14.3. The fraction of sp³-hybridized carbons (Fsp3) is 0.130. The van der Waals surface area contributed by atoms with E-state index >= 15 is 0 Å². The van der Waals surface area contributed by atoms with Gasteiger partial charge in [0.15, 0.2) is 11.6 Å². The van der Waals surface area contributed by atoms with E-state index in [1.54, 1.807) is 0 Å². The molecular weight excluding hydrogens is 387 g/mol. The van der Waals surface area contributed by atoms with E-state index in [4.69, 9.17) is 0 Å². The molecule has 0 amide bonds. The second kappa shape index (κ2) is 8.36. The third kappa shape index (κ3) is 5.14. The van der Waals surface area contributed by atoms with Crippen molar-refractivity contribution in [3.8, 4) is 17.6 Å². The Morgan fingerprint density at radius 1 is 0.931 bits per heavy atom. The highest BCUT2D eigenvalue weighted by molar-refractivity contribution is 5.86. The quantitative estimate of drug-likeness (QED) is 0.274. The summed E-state index contributed by atoms with van der Waals surface area (Å²) in [6.07, 6.45) is -1.58. The predicted molar refractivity (Wildman–Crippen MR) is 101 cm³/mol. The van der Waals surface area contributed by atoms with E-state index in [-0.39, 0.29) is 10.8 Å². The first-order valence-electron chi connectivity index (χ1n) is 8.66. The van der Waals surface area contributed by atoms with Gasteiger partial charge in [0.2, 0.25) is 5.75 Å². The molecular formula is C23H15F5O. The molecule has 0 fully saturated rings. The number of hydrogen-bond donors (Lipinski definition) is 0. The molecule has 0 aromatic heterocycles. The molecule has 0 aliphatic rings. The maximum atomic E-state index is 14.3. The molecule has 0 aliphatic carbocycles. The molecule has 29 heavy (non-hydrogen) atoms. The summed E-state index contributed by atoms with van der Waals surface area (Å²) in [5, 5.41) is -0.108. The van der Waals surface area contributed by atoms with E-state index in [1.165, 1.54) is 18.2 Å². The minimum atomic E-state index is -5.19. The molecule has 0 radical (unpaired) electrons. The number of rotatable bonds is 4. The van der Waals surface area contributed by atoms with E-state index in [1.807, 2.05) is 30.3 Å². The van der Waals surface area contributed by atoms with E-state index in [2.05, 4.69) is 23.2 Å². The lowest BCUT2D eigenvalue weighted by molar-refractivity contribution is -0.276. The van der Waals surface area contributed by atoms with Crippen LogP contribution in [0.2, 0.25) is 0 Å². The Balaban J connectivity index is 1.88. The van der Waals surface area contributed by atoms with Crippen LogP contribution in [0.25, 0.3) is 10.8 Å². The average Bonchev–Trinajstić information content (AvgIpc) is 2.68. The van der Waals surface area contributed by atoms with Crippen LogP contribution in [0.1, 0.15) is 23.1 Å². The van der Waals surface area contributed by atoms with Crippen molar-refractivity contribution in [2.45, 2.75) is 19.2 Å². The highest BCUT2D eigenvalue weighted by Crippen LogP contribution is 2.33. The van der Waals surface area contributed by atoms with Gasteiger partial charge in [0.1, 0.15) is 0 Å². The number of benzene rings is 3. The van der Waals surface area contributed by atoms with Crippen LogP contribution in [0.4, 0.5) is 22.0 Å². The van der Waals surface area contributed by atoms with Crippen molar-refractivity contribution in [2.24, 2.45) is 0 Å². The van der Waals surface area contributed by atoms with Crippen LogP contribution in [0, 0.1) is 23.5 Å². The van der Waals surface area contributed by atoms with Crippen LogP contribution in [0.5, 0.6) is 5.75 Å². The topological polar surface area (TPSA) is 9.23 Å². The van der Waals surface area contributed by atoms with Crippen molar-refractivity contribution in [1.82, 2.24) is 0 Å². The van der Waals surface area contributed by atoms with Crippen LogP contribution in [-0.4, -0.2) is 6.36 Å². The Morgan fingerprint density at radius 2 is 1.59 bits per heavy atom. The van der Waals surface area contributed by atoms with E-state index in [0.717, 1.165) is 30.0 Å². The summed E-state index contributed by atoms with van der Waals surface area (Å²) in [5.74, 6) is 1.52. The van der Waals surface area contributed by atoms with Gasteiger partial charge in [0.05, 0.1) is 0 Å². The summed E-state index contributed by atoms with van der Waals surface area (Å²) in [4.78, 5) is 0. The predicted octanol–water partition coefficient (Wildman–Crippen LogP) is 6.54. The van der Waals surface area contributed by atoms with Crippen molar-refractivity contribution in [2.75, 3.05) is 0 Å². The summed E-state index contributed by atoms with van der Waals surface area (Å²) < 4.78 is 68.6. The molecule has 148 valence electrons. The Labute approximate surface area is 164 Å². The van der Waals surface area contributed by atoms with E-state index in [0.29, 0.717) is 5.56 Å². The van der Waals surface area contributed by atoms with Crippen molar-refractivity contribution in [3.05, 3.63) is 89.5 Å². The standard InChI is InChI=1S/C23H15F5O/c1-2-3-4-15-5-7-16(8-6-15)9-10-17-11-12-19-18(13-17)14-20(24)22(21(19)25)29-23(26,27)28/h2,5-8,11-14H,1,3-4H2. The van der Waals surface area contributed by atoms with Gasteiger partial charge in [-0.25, -0.2) is 8.78 Å². The van der Waals surface area contributed by atoms with Gasteiger partial charge >= 0.3 is 6.36 Å². The Morgan fingerprint density at radius 3 is 2.24 bits per heavy atom. The molecule has 0 aliphatic heterocycles. The van der Waals surface area contributed by atoms with Crippen LogP contribution >= 0.6 is 0 Å². The summed E-state index contributed by atoms with van der Waals surface area (Å²) in [6, 6.07) is 12.5. The molecule has 3 rings (SSSR count). The second-order valence-electron chi connectivity index (χ2n) is 6.26. The van der Waals surface area contributed by atoms with Gasteiger partial charge in [-0.1, -0.05) is 36.1 Å². The molecule has 3 aromatic carbocycles. The Hall–Kier alpha value is -3.33. The first kappa shape index (κ1) is 20.4. The molecule has 0 bridgehead atoms. The number of allylic oxidation sites excluding steroid dienone is 1. The lowest BCUT2D eigenvalue weighted by atomic mass is 10.0. The highest BCUT2D eigenvalue weighted by Gasteiger charge is 2.34. The molecule has 6 heteroatoms. The molecule has 0 saturated carbocycles. The van der Waals surface area contributed by atoms with Crippen LogP contribution < -0.4 is 4.74 Å². The average molecular weight is 402 g/mol. The van der Waals surface area contributed by atoms with Gasteiger partial charge in [-0.15, -0.1) is 19.8 Å². The maximum Gasteiger partial charge on any atom is 0.573 e. The van der Waals surface area contributed by atoms with Gasteiger partial charge in [-0.3, -0.25) is 0 Å². The zero-order valence-corrected chi connectivity index (χ0v) is 15.1. The van der Waals surface area contributed by atoms with Gasteiger partial charge in [-0.05, 0) is 54.1 Å². The van der Waals surface area contributed by atoms with Crippen LogP contribution in [0.15, 0.2) is 61.2 Å². The zero-order chi connectivity index (χ0) is 21.0. The number of halogens is 5.